The van der Waals surface area contributed by atoms with Crippen molar-refractivity contribution in [1.29, 1.82) is 0 Å². The van der Waals surface area contributed by atoms with E-state index in [2.05, 4.69) is 9.44 Å². The molecule has 0 aromatic heterocycles. The molecule has 0 aromatic rings. The SMILES string of the molecule is CC(C)[C@@H](NS(=O)(=O)NC1CCCC1)C(=O)O. The van der Waals surface area contributed by atoms with Crippen molar-refractivity contribution in [2.75, 3.05) is 0 Å². The maximum Gasteiger partial charge on any atom is 0.322 e. The van der Waals surface area contributed by atoms with E-state index in [1.165, 1.54) is 0 Å². The van der Waals surface area contributed by atoms with Crippen molar-refractivity contribution in [2.24, 2.45) is 5.92 Å². The van der Waals surface area contributed by atoms with E-state index in [0.29, 0.717) is 0 Å². The number of hydrogen-bond acceptors (Lipinski definition) is 3. The summed E-state index contributed by atoms with van der Waals surface area (Å²) in [5.74, 6) is -1.45. The summed E-state index contributed by atoms with van der Waals surface area (Å²) in [6.45, 7) is 3.33. The molecule has 0 radical (unpaired) electrons. The molecule has 17 heavy (non-hydrogen) atoms. The van der Waals surface area contributed by atoms with E-state index >= 15 is 0 Å². The molecule has 0 unspecified atom stereocenters. The highest BCUT2D eigenvalue weighted by atomic mass is 32.2. The topological polar surface area (TPSA) is 95.5 Å². The van der Waals surface area contributed by atoms with Gasteiger partial charge in [-0.3, -0.25) is 4.79 Å². The molecule has 1 aliphatic rings. The van der Waals surface area contributed by atoms with Crippen LogP contribution in [0.4, 0.5) is 0 Å². The summed E-state index contributed by atoms with van der Waals surface area (Å²) in [5, 5.41) is 8.91. The van der Waals surface area contributed by atoms with Gasteiger partial charge >= 0.3 is 5.97 Å². The number of aliphatic carboxylic acids is 1. The Labute approximate surface area is 102 Å². The molecule has 0 heterocycles. The Morgan fingerprint density at radius 3 is 2.24 bits per heavy atom. The highest BCUT2D eigenvalue weighted by Crippen LogP contribution is 2.18. The first-order valence-electron chi connectivity index (χ1n) is 5.84. The van der Waals surface area contributed by atoms with Crippen LogP contribution in [0.2, 0.25) is 0 Å². The number of carboxylic acid groups (broad SMARTS) is 1. The molecule has 0 amide bonds. The Hall–Kier alpha value is -0.660. The molecule has 0 saturated heterocycles. The predicted molar refractivity (Wildman–Crippen MR) is 63.7 cm³/mol. The van der Waals surface area contributed by atoms with E-state index in [-0.39, 0.29) is 12.0 Å². The van der Waals surface area contributed by atoms with E-state index in [1.807, 2.05) is 0 Å². The van der Waals surface area contributed by atoms with Gasteiger partial charge in [-0.25, -0.2) is 0 Å². The molecule has 1 fully saturated rings. The minimum Gasteiger partial charge on any atom is -0.480 e. The van der Waals surface area contributed by atoms with Gasteiger partial charge in [-0.15, -0.1) is 0 Å². The fraction of sp³-hybridized carbons (Fsp3) is 0.900. The van der Waals surface area contributed by atoms with Gasteiger partial charge < -0.3 is 5.11 Å². The molecular formula is C10H20N2O4S. The lowest BCUT2D eigenvalue weighted by Crippen LogP contribution is -2.50. The first-order valence-corrected chi connectivity index (χ1v) is 7.32. The molecule has 0 bridgehead atoms. The molecule has 1 rings (SSSR count). The standard InChI is InChI=1S/C10H20N2O4S/c1-7(2)9(10(13)14)12-17(15,16)11-8-5-3-4-6-8/h7-9,11-12H,3-6H2,1-2H3,(H,13,14)/t9-/m1/s1. The molecule has 6 nitrogen and oxygen atoms in total. The fourth-order valence-electron chi connectivity index (χ4n) is 1.94. The largest absolute Gasteiger partial charge is 0.480 e. The Morgan fingerprint density at radius 2 is 1.82 bits per heavy atom. The third-order valence-electron chi connectivity index (χ3n) is 2.89. The van der Waals surface area contributed by atoms with Gasteiger partial charge in [-0.05, 0) is 18.8 Å². The summed E-state index contributed by atoms with van der Waals surface area (Å²) in [6.07, 6.45) is 3.67. The quantitative estimate of drug-likeness (QED) is 0.649. The zero-order chi connectivity index (χ0) is 13.1. The molecule has 0 aromatic carbocycles. The van der Waals surface area contributed by atoms with E-state index in [1.54, 1.807) is 13.8 Å². The number of carboxylic acids is 1. The van der Waals surface area contributed by atoms with Crippen LogP contribution in [0, 0.1) is 5.92 Å². The van der Waals surface area contributed by atoms with Gasteiger partial charge in [0, 0.05) is 6.04 Å². The number of rotatable bonds is 6. The summed E-state index contributed by atoms with van der Waals surface area (Å²) in [6, 6.07) is -1.15. The summed E-state index contributed by atoms with van der Waals surface area (Å²) in [4.78, 5) is 10.9. The molecule has 7 heteroatoms. The molecule has 100 valence electrons. The van der Waals surface area contributed by atoms with Crippen LogP contribution in [0.1, 0.15) is 39.5 Å². The van der Waals surface area contributed by atoms with Gasteiger partial charge in [-0.1, -0.05) is 26.7 Å². The summed E-state index contributed by atoms with van der Waals surface area (Å²) in [5.41, 5.74) is 0. The zero-order valence-electron chi connectivity index (χ0n) is 10.1. The molecule has 0 aliphatic heterocycles. The minimum atomic E-state index is -3.74. The van der Waals surface area contributed by atoms with Crippen molar-refractivity contribution in [3.05, 3.63) is 0 Å². The monoisotopic (exact) mass is 264 g/mol. The van der Waals surface area contributed by atoms with Crippen LogP contribution in [0.15, 0.2) is 0 Å². The highest BCUT2D eigenvalue weighted by molar-refractivity contribution is 7.87. The maximum absolute atomic E-state index is 11.7. The molecule has 3 N–H and O–H groups in total. The van der Waals surface area contributed by atoms with Crippen LogP contribution in [0.25, 0.3) is 0 Å². The van der Waals surface area contributed by atoms with E-state index < -0.39 is 22.2 Å². The average molecular weight is 264 g/mol. The van der Waals surface area contributed by atoms with Crippen LogP contribution >= 0.6 is 0 Å². The van der Waals surface area contributed by atoms with Gasteiger partial charge in [0.05, 0.1) is 0 Å². The lowest BCUT2D eigenvalue weighted by Gasteiger charge is -2.20. The second-order valence-corrected chi connectivity index (χ2v) is 6.26. The zero-order valence-corrected chi connectivity index (χ0v) is 11.0. The Kier molecular flexibility index (Phi) is 4.91. The molecule has 1 aliphatic carbocycles. The number of hydrogen-bond donors (Lipinski definition) is 3. The van der Waals surface area contributed by atoms with Gasteiger partial charge in [0.25, 0.3) is 10.2 Å². The minimum absolute atomic E-state index is 0.0610. The van der Waals surface area contributed by atoms with Crippen molar-refractivity contribution in [3.63, 3.8) is 0 Å². The second-order valence-electron chi connectivity index (χ2n) is 4.78. The number of carbonyl (C=O) groups is 1. The normalized spacial score (nSPS) is 19.7. The van der Waals surface area contributed by atoms with Gasteiger partial charge in [0.2, 0.25) is 0 Å². The third-order valence-corrected chi connectivity index (χ3v) is 4.10. The van der Waals surface area contributed by atoms with Crippen LogP contribution in [-0.2, 0) is 15.0 Å². The predicted octanol–water partition coefficient (Wildman–Crippen LogP) is 0.462. The Morgan fingerprint density at radius 1 is 1.29 bits per heavy atom. The molecule has 0 spiro atoms. The van der Waals surface area contributed by atoms with Gasteiger partial charge in [0.1, 0.15) is 6.04 Å². The van der Waals surface area contributed by atoms with Crippen LogP contribution in [0.3, 0.4) is 0 Å². The fourth-order valence-corrected chi connectivity index (χ4v) is 3.39. The summed E-state index contributed by atoms with van der Waals surface area (Å²) >= 11 is 0. The Bertz CT molecular complexity index is 361. The summed E-state index contributed by atoms with van der Waals surface area (Å²) < 4.78 is 28.1. The average Bonchev–Trinajstić information content (AvgIpc) is 2.65. The van der Waals surface area contributed by atoms with Crippen molar-refractivity contribution in [3.8, 4) is 0 Å². The van der Waals surface area contributed by atoms with Crippen molar-refractivity contribution >= 4 is 16.2 Å². The third kappa shape index (κ3) is 4.61. The van der Waals surface area contributed by atoms with Gasteiger partial charge in [-0.2, -0.15) is 17.9 Å². The molecular weight excluding hydrogens is 244 g/mol. The summed E-state index contributed by atoms with van der Waals surface area (Å²) in [7, 11) is -3.74. The smallest absolute Gasteiger partial charge is 0.322 e. The highest BCUT2D eigenvalue weighted by Gasteiger charge is 2.29. The lowest BCUT2D eigenvalue weighted by molar-refractivity contribution is -0.140. The molecule has 1 saturated carbocycles. The van der Waals surface area contributed by atoms with Crippen LogP contribution in [0.5, 0.6) is 0 Å². The van der Waals surface area contributed by atoms with Crippen molar-refractivity contribution in [2.45, 2.75) is 51.6 Å². The molecule has 1 atom stereocenters. The maximum atomic E-state index is 11.7. The van der Waals surface area contributed by atoms with E-state index in [0.717, 1.165) is 25.7 Å². The first-order chi connectivity index (χ1) is 7.82. The number of nitrogens with one attached hydrogen (secondary N) is 2. The Balaban J connectivity index is 2.60. The first kappa shape index (κ1) is 14.4. The van der Waals surface area contributed by atoms with Gasteiger partial charge in [0.15, 0.2) is 0 Å². The second kappa shape index (κ2) is 5.79. The van der Waals surface area contributed by atoms with Crippen molar-refractivity contribution < 1.29 is 18.3 Å². The van der Waals surface area contributed by atoms with Crippen molar-refractivity contribution in [1.82, 2.24) is 9.44 Å². The van der Waals surface area contributed by atoms with E-state index in [9.17, 15) is 13.2 Å². The lowest BCUT2D eigenvalue weighted by atomic mass is 10.1. The van der Waals surface area contributed by atoms with Crippen LogP contribution < -0.4 is 9.44 Å². The van der Waals surface area contributed by atoms with E-state index in [4.69, 9.17) is 5.11 Å². The van der Waals surface area contributed by atoms with Crippen LogP contribution in [-0.4, -0.2) is 31.6 Å².